The summed E-state index contributed by atoms with van der Waals surface area (Å²) in [6, 6.07) is 9.58. The summed E-state index contributed by atoms with van der Waals surface area (Å²) in [5.41, 5.74) is 7.46. The van der Waals surface area contributed by atoms with Crippen LogP contribution in [0, 0.1) is 5.82 Å². The summed E-state index contributed by atoms with van der Waals surface area (Å²) < 4.78 is 21.2. The van der Waals surface area contributed by atoms with Gasteiger partial charge in [0, 0.05) is 23.9 Å². The van der Waals surface area contributed by atoms with E-state index in [1.807, 2.05) is 16.7 Å². The van der Waals surface area contributed by atoms with Crippen LogP contribution in [0.3, 0.4) is 0 Å². The van der Waals surface area contributed by atoms with E-state index in [9.17, 15) is 9.18 Å². The predicted octanol–water partition coefficient (Wildman–Crippen LogP) is 4.19. The quantitative estimate of drug-likeness (QED) is 0.379. The van der Waals surface area contributed by atoms with Gasteiger partial charge in [-0.05, 0) is 43.2 Å². The van der Waals surface area contributed by atoms with E-state index in [0.717, 1.165) is 34.5 Å². The Morgan fingerprint density at radius 2 is 2.24 bits per heavy atom. The number of aromatic nitrogens is 4. The fourth-order valence-electron chi connectivity index (χ4n) is 3.73. The van der Waals surface area contributed by atoms with Crippen LogP contribution < -0.4 is 11.1 Å². The first-order valence-electron chi connectivity index (χ1n) is 10.4. The number of carbonyl (C=O) groups is 1. The zero-order valence-corrected chi connectivity index (χ0v) is 19.2. The van der Waals surface area contributed by atoms with Gasteiger partial charge in [0.25, 0.3) is 0 Å². The number of hydrogen-bond donors (Lipinski definition) is 2. The number of halogens is 1. The van der Waals surface area contributed by atoms with Crippen molar-refractivity contribution in [3.05, 3.63) is 48.4 Å². The molecule has 0 radical (unpaired) electrons. The van der Waals surface area contributed by atoms with Gasteiger partial charge in [-0.3, -0.25) is 9.36 Å². The number of pyridine rings is 1. The molecule has 1 aliphatic rings. The van der Waals surface area contributed by atoms with Crippen LogP contribution >= 0.6 is 23.1 Å². The van der Waals surface area contributed by atoms with E-state index in [1.54, 1.807) is 18.3 Å². The van der Waals surface area contributed by atoms with Gasteiger partial charge in [0.1, 0.15) is 10.6 Å². The van der Waals surface area contributed by atoms with Crippen molar-refractivity contribution in [1.82, 2.24) is 19.7 Å². The number of nitrogens with one attached hydrogen (secondary N) is 1. The highest BCUT2D eigenvalue weighted by molar-refractivity contribution is 7.99. The minimum atomic E-state index is -0.406. The molecule has 33 heavy (non-hydrogen) atoms. The van der Waals surface area contributed by atoms with E-state index < -0.39 is 5.82 Å². The van der Waals surface area contributed by atoms with E-state index in [1.165, 1.54) is 35.2 Å². The summed E-state index contributed by atoms with van der Waals surface area (Å²) in [6.07, 6.45) is 3.74. The molecule has 4 heterocycles. The third kappa shape index (κ3) is 4.70. The number of thioether (sulfide) groups is 1. The van der Waals surface area contributed by atoms with Crippen molar-refractivity contribution in [3.63, 3.8) is 0 Å². The Balaban J connectivity index is 1.40. The lowest BCUT2D eigenvalue weighted by Gasteiger charge is -2.14. The van der Waals surface area contributed by atoms with E-state index >= 15 is 0 Å². The monoisotopic (exact) mass is 484 g/mol. The van der Waals surface area contributed by atoms with Crippen LogP contribution in [0.5, 0.6) is 0 Å². The number of rotatable bonds is 7. The van der Waals surface area contributed by atoms with Crippen molar-refractivity contribution in [1.29, 1.82) is 0 Å². The Morgan fingerprint density at radius 3 is 3.03 bits per heavy atom. The van der Waals surface area contributed by atoms with Crippen LogP contribution in [-0.2, 0) is 16.1 Å². The number of nitrogen functional groups attached to an aromatic ring is 1. The number of fused-ring (bicyclic) bond motifs is 1. The first kappa shape index (κ1) is 21.8. The number of nitrogens with two attached hydrogens (primary N) is 1. The van der Waals surface area contributed by atoms with Gasteiger partial charge in [-0.1, -0.05) is 17.8 Å². The first-order valence-corrected chi connectivity index (χ1v) is 12.2. The molecule has 4 aromatic rings. The van der Waals surface area contributed by atoms with Crippen LogP contribution in [0.25, 0.3) is 20.9 Å². The van der Waals surface area contributed by atoms with Crippen molar-refractivity contribution >= 4 is 50.6 Å². The molecule has 1 unspecified atom stereocenters. The standard InChI is InChI=1S/C22H21FN6O2S2/c23-13-4-1-5-14(10-13)26-17(30)12-32-22-28-27-20(29(22)11-15-6-3-9-31-15)19-18(24)16-7-2-8-25-21(16)33-19/h1-2,4-5,7-8,10,15H,3,6,9,11-12,24H2,(H,26,30). The van der Waals surface area contributed by atoms with Crippen molar-refractivity contribution < 1.29 is 13.9 Å². The van der Waals surface area contributed by atoms with Gasteiger partial charge in [-0.15, -0.1) is 21.5 Å². The molecule has 1 fully saturated rings. The van der Waals surface area contributed by atoms with Crippen molar-refractivity contribution in [2.45, 2.75) is 30.6 Å². The van der Waals surface area contributed by atoms with Crippen LogP contribution in [0.4, 0.5) is 15.8 Å². The lowest BCUT2D eigenvalue weighted by atomic mass is 10.2. The van der Waals surface area contributed by atoms with Crippen molar-refractivity contribution in [2.75, 3.05) is 23.4 Å². The highest BCUT2D eigenvalue weighted by atomic mass is 32.2. The van der Waals surface area contributed by atoms with E-state index in [4.69, 9.17) is 10.5 Å². The third-order valence-electron chi connectivity index (χ3n) is 5.28. The second-order valence-electron chi connectivity index (χ2n) is 7.60. The van der Waals surface area contributed by atoms with Crippen molar-refractivity contribution in [3.8, 4) is 10.7 Å². The van der Waals surface area contributed by atoms with Crippen LogP contribution in [-0.4, -0.2) is 44.1 Å². The molecule has 1 saturated heterocycles. The van der Waals surface area contributed by atoms with Gasteiger partial charge in [0.15, 0.2) is 11.0 Å². The molecular weight excluding hydrogens is 463 g/mol. The maximum atomic E-state index is 13.4. The number of carbonyl (C=O) groups excluding carboxylic acids is 1. The summed E-state index contributed by atoms with van der Waals surface area (Å²) in [6.45, 7) is 1.30. The van der Waals surface area contributed by atoms with Crippen LogP contribution in [0.15, 0.2) is 47.8 Å². The average Bonchev–Trinajstić information content (AvgIpc) is 3.53. The molecule has 170 valence electrons. The molecular formula is C22H21FN6O2S2. The Labute approximate surface area is 197 Å². The number of thiophene rings is 1. The Hall–Kier alpha value is -3.02. The number of ether oxygens (including phenoxy) is 1. The normalized spacial score (nSPS) is 15.8. The molecule has 1 aliphatic heterocycles. The molecule has 0 spiro atoms. The van der Waals surface area contributed by atoms with Crippen LogP contribution in [0.2, 0.25) is 0 Å². The van der Waals surface area contributed by atoms with Gasteiger partial charge >= 0.3 is 0 Å². The molecule has 1 amide bonds. The number of amides is 1. The smallest absolute Gasteiger partial charge is 0.234 e. The molecule has 0 saturated carbocycles. The molecule has 11 heteroatoms. The summed E-state index contributed by atoms with van der Waals surface area (Å²) in [4.78, 5) is 18.5. The van der Waals surface area contributed by atoms with Gasteiger partial charge in [0.05, 0.1) is 29.0 Å². The van der Waals surface area contributed by atoms with Crippen molar-refractivity contribution in [2.24, 2.45) is 0 Å². The zero-order valence-electron chi connectivity index (χ0n) is 17.5. The predicted molar refractivity (Wildman–Crippen MR) is 128 cm³/mol. The average molecular weight is 485 g/mol. The number of nitrogens with zero attached hydrogens (tertiary/aromatic N) is 4. The van der Waals surface area contributed by atoms with Gasteiger partial charge in [0.2, 0.25) is 5.91 Å². The second kappa shape index (κ2) is 9.46. The molecule has 3 N–H and O–H groups in total. The lowest BCUT2D eigenvalue weighted by molar-refractivity contribution is -0.113. The molecule has 0 bridgehead atoms. The maximum Gasteiger partial charge on any atom is 0.234 e. The summed E-state index contributed by atoms with van der Waals surface area (Å²) >= 11 is 2.73. The fourth-order valence-corrected chi connectivity index (χ4v) is 5.54. The number of anilines is 2. The molecule has 1 aromatic carbocycles. The second-order valence-corrected chi connectivity index (χ2v) is 9.54. The lowest BCUT2D eigenvalue weighted by Crippen LogP contribution is -2.18. The van der Waals surface area contributed by atoms with E-state index in [-0.39, 0.29) is 17.8 Å². The summed E-state index contributed by atoms with van der Waals surface area (Å²) in [5.74, 6) is 0.0733. The van der Waals surface area contributed by atoms with Gasteiger partial charge < -0.3 is 15.8 Å². The van der Waals surface area contributed by atoms with Crippen LogP contribution in [0.1, 0.15) is 12.8 Å². The summed E-state index contributed by atoms with van der Waals surface area (Å²) in [7, 11) is 0. The largest absolute Gasteiger partial charge is 0.397 e. The fraction of sp³-hybridized carbons (Fsp3) is 0.273. The minimum absolute atomic E-state index is 0.0500. The number of hydrogen-bond acceptors (Lipinski definition) is 8. The molecule has 3 aromatic heterocycles. The number of benzene rings is 1. The Bertz CT molecular complexity index is 1300. The SMILES string of the molecule is Nc1c(-c2nnc(SCC(=O)Nc3cccc(F)c3)n2CC2CCCO2)sc2ncccc12. The highest BCUT2D eigenvalue weighted by Crippen LogP contribution is 2.40. The maximum absolute atomic E-state index is 13.4. The highest BCUT2D eigenvalue weighted by Gasteiger charge is 2.25. The summed E-state index contributed by atoms with van der Waals surface area (Å²) in [5, 5.41) is 12.9. The van der Waals surface area contributed by atoms with E-state index in [2.05, 4.69) is 20.5 Å². The zero-order chi connectivity index (χ0) is 22.8. The molecule has 0 aliphatic carbocycles. The molecule has 8 nitrogen and oxygen atoms in total. The van der Waals surface area contributed by atoms with E-state index in [0.29, 0.717) is 28.9 Å². The van der Waals surface area contributed by atoms with Gasteiger partial charge in [-0.2, -0.15) is 0 Å². The minimum Gasteiger partial charge on any atom is -0.397 e. The Kier molecular flexibility index (Phi) is 6.25. The van der Waals surface area contributed by atoms with Gasteiger partial charge in [-0.25, -0.2) is 9.37 Å². The molecule has 5 rings (SSSR count). The first-order chi connectivity index (χ1) is 16.1. The Morgan fingerprint density at radius 1 is 1.33 bits per heavy atom. The topological polar surface area (TPSA) is 108 Å². The third-order valence-corrected chi connectivity index (χ3v) is 7.37. The molecule has 1 atom stereocenters.